The van der Waals surface area contributed by atoms with E-state index in [2.05, 4.69) is 73.4 Å². The zero-order valence-corrected chi connectivity index (χ0v) is 15.5. The third-order valence-corrected chi connectivity index (χ3v) is 5.32. The fraction of sp³-hybridized carbons (Fsp3) is 0.261. The summed E-state index contributed by atoms with van der Waals surface area (Å²) in [6.45, 7) is 4.25. The smallest absolute Gasteiger partial charge is 0.115 e. The standard InChI is InChI=1S/C23H24N2O/c1-17-6-8-18(9-7-17)19-10-12-20(13-11-19)22-15-23(2,26-25(22)3)21-5-4-14-24-16-21/h4-14,16,22H,15H2,1-3H3. The number of aryl methyl sites for hydroxylation is 1. The van der Waals surface area contributed by atoms with Crippen LogP contribution in [-0.2, 0) is 10.4 Å². The maximum Gasteiger partial charge on any atom is 0.115 e. The van der Waals surface area contributed by atoms with Crippen LogP contribution in [-0.4, -0.2) is 17.1 Å². The quantitative estimate of drug-likeness (QED) is 0.646. The number of rotatable bonds is 3. The van der Waals surface area contributed by atoms with Crippen LogP contribution in [0.15, 0.2) is 73.1 Å². The van der Waals surface area contributed by atoms with Crippen LogP contribution in [0, 0.1) is 6.92 Å². The van der Waals surface area contributed by atoms with Crippen molar-refractivity contribution in [2.24, 2.45) is 0 Å². The van der Waals surface area contributed by atoms with E-state index in [1.165, 1.54) is 22.3 Å². The van der Waals surface area contributed by atoms with Gasteiger partial charge in [-0.05, 0) is 36.6 Å². The lowest BCUT2D eigenvalue weighted by molar-refractivity contribution is -0.188. The number of hydrogen-bond acceptors (Lipinski definition) is 3. The van der Waals surface area contributed by atoms with Crippen molar-refractivity contribution in [2.75, 3.05) is 7.05 Å². The highest BCUT2D eigenvalue weighted by Crippen LogP contribution is 2.45. The molecule has 3 aromatic rings. The van der Waals surface area contributed by atoms with Gasteiger partial charge in [0.1, 0.15) is 5.60 Å². The van der Waals surface area contributed by atoms with Crippen molar-refractivity contribution in [3.05, 3.63) is 89.7 Å². The molecule has 2 heterocycles. The van der Waals surface area contributed by atoms with Gasteiger partial charge in [-0.25, -0.2) is 0 Å². The van der Waals surface area contributed by atoms with Crippen molar-refractivity contribution in [3.8, 4) is 11.1 Å². The third-order valence-electron chi connectivity index (χ3n) is 5.32. The maximum absolute atomic E-state index is 6.22. The van der Waals surface area contributed by atoms with Crippen molar-refractivity contribution in [1.82, 2.24) is 10.0 Å². The Morgan fingerprint density at radius 3 is 2.27 bits per heavy atom. The fourth-order valence-corrected chi connectivity index (χ4v) is 3.73. The summed E-state index contributed by atoms with van der Waals surface area (Å²) in [5.74, 6) is 0. The largest absolute Gasteiger partial charge is 0.287 e. The minimum absolute atomic E-state index is 0.229. The first-order chi connectivity index (χ1) is 12.5. The molecule has 4 rings (SSSR count). The van der Waals surface area contributed by atoms with Gasteiger partial charge < -0.3 is 0 Å². The molecule has 26 heavy (non-hydrogen) atoms. The molecule has 0 radical (unpaired) electrons. The summed E-state index contributed by atoms with van der Waals surface area (Å²) in [4.78, 5) is 10.5. The fourth-order valence-electron chi connectivity index (χ4n) is 3.73. The zero-order valence-electron chi connectivity index (χ0n) is 15.5. The average Bonchev–Trinajstić information content (AvgIpc) is 2.99. The van der Waals surface area contributed by atoms with E-state index < -0.39 is 0 Å². The summed E-state index contributed by atoms with van der Waals surface area (Å²) in [7, 11) is 2.01. The van der Waals surface area contributed by atoms with Gasteiger partial charge >= 0.3 is 0 Å². The third kappa shape index (κ3) is 3.16. The molecule has 0 bridgehead atoms. The molecule has 1 aliphatic rings. The van der Waals surface area contributed by atoms with Crippen LogP contribution < -0.4 is 0 Å². The first-order valence-corrected chi connectivity index (χ1v) is 9.05. The van der Waals surface area contributed by atoms with E-state index in [1.54, 1.807) is 6.20 Å². The Morgan fingerprint density at radius 2 is 1.65 bits per heavy atom. The number of nitrogens with zero attached hydrogens (tertiary/aromatic N) is 2. The second kappa shape index (κ2) is 6.67. The maximum atomic E-state index is 6.22. The Hall–Kier alpha value is -2.49. The highest BCUT2D eigenvalue weighted by atomic mass is 16.7. The van der Waals surface area contributed by atoms with Crippen molar-refractivity contribution in [3.63, 3.8) is 0 Å². The topological polar surface area (TPSA) is 25.4 Å². The van der Waals surface area contributed by atoms with Crippen molar-refractivity contribution >= 4 is 0 Å². The number of pyridine rings is 1. The number of hydroxylamine groups is 2. The molecule has 0 aliphatic carbocycles. The van der Waals surface area contributed by atoms with E-state index in [0.29, 0.717) is 0 Å². The van der Waals surface area contributed by atoms with E-state index in [9.17, 15) is 0 Å². The number of hydrogen-bond donors (Lipinski definition) is 0. The summed E-state index contributed by atoms with van der Waals surface area (Å²) in [6, 6.07) is 21.8. The molecular formula is C23H24N2O. The molecule has 2 unspecified atom stereocenters. The van der Waals surface area contributed by atoms with E-state index in [4.69, 9.17) is 4.84 Å². The molecule has 3 heteroatoms. The van der Waals surface area contributed by atoms with E-state index in [0.717, 1.165) is 12.0 Å². The predicted molar refractivity (Wildman–Crippen MR) is 104 cm³/mol. The average molecular weight is 344 g/mol. The van der Waals surface area contributed by atoms with E-state index in [1.807, 2.05) is 24.4 Å². The molecule has 132 valence electrons. The molecule has 0 saturated carbocycles. The summed E-state index contributed by atoms with van der Waals surface area (Å²) < 4.78 is 0. The van der Waals surface area contributed by atoms with Crippen LogP contribution in [0.25, 0.3) is 11.1 Å². The van der Waals surface area contributed by atoms with Gasteiger partial charge in [-0.2, -0.15) is 5.06 Å². The van der Waals surface area contributed by atoms with Gasteiger partial charge in [-0.1, -0.05) is 60.2 Å². The minimum Gasteiger partial charge on any atom is -0.287 e. The summed E-state index contributed by atoms with van der Waals surface area (Å²) in [5, 5.41) is 1.98. The molecule has 1 aromatic heterocycles. The van der Waals surface area contributed by atoms with Gasteiger partial charge in [0.2, 0.25) is 0 Å². The molecule has 1 saturated heterocycles. The normalized spacial score (nSPS) is 23.3. The monoisotopic (exact) mass is 344 g/mol. The van der Waals surface area contributed by atoms with Crippen molar-refractivity contribution in [1.29, 1.82) is 0 Å². The van der Waals surface area contributed by atoms with E-state index in [-0.39, 0.29) is 11.6 Å². The predicted octanol–water partition coefficient (Wildman–Crippen LogP) is 5.28. The molecule has 1 fully saturated rings. The first-order valence-electron chi connectivity index (χ1n) is 9.05. The summed E-state index contributed by atoms with van der Waals surface area (Å²) >= 11 is 0. The number of benzene rings is 2. The van der Waals surface area contributed by atoms with Gasteiger partial charge in [0.15, 0.2) is 0 Å². The van der Waals surface area contributed by atoms with Crippen LogP contribution in [0.5, 0.6) is 0 Å². The lowest BCUT2D eigenvalue weighted by Crippen LogP contribution is -2.23. The first kappa shape index (κ1) is 17.0. The Labute approximate surface area is 155 Å². The lowest BCUT2D eigenvalue weighted by atomic mass is 9.88. The second-order valence-electron chi connectivity index (χ2n) is 7.32. The Balaban J connectivity index is 1.57. The van der Waals surface area contributed by atoms with Crippen LogP contribution in [0.3, 0.4) is 0 Å². The lowest BCUT2D eigenvalue weighted by Gasteiger charge is -2.23. The molecule has 2 aromatic carbocycles. The van der Waals surface area contributed by atoms with Gasteiger partial charge in [0, 0.05) is 31.4 Å². The molecule has 2 atom stereocenters. The van der Waals surface area contributed by atoms with Gasteiger partial charge in [0.05, 0.1) is 6.04 Å². The highest BCUT2D eigenvalue weighted by molar-refractivity contribution is 5.64. The Kier molecular flexibility index (Phi) is 4.35. The Morgan fingerprint density at radius 1 is 1.00 bits per heavy atom. The summed E-state index contributed by atoms with van der Waals surface area (Å²) in [5.41, 5.74) is 5.82. The molecule has 3 nitrogen and oxygen atoms in total. The minimum atomic E-state index is -0.344. The molecule has 0 amide bonds. The Bertz CT molecular complexity index is 874. The molecule has 0 N–H and O–H groups in total. The van der Waals surface area contributed by atoms with Crippen LogP contribution in [0.1, 0.15) is 36.1 Å². The molecular weight excluding hydrogens is 320 g/mol. The summed E-state index contributed by atoms with van der Waals surface area (Å²) in [6.07, 6.45) is 4.60. The van der Waals surface area contributed by atoms with E-state index >= 15 is 0 Å². The van der Waals surface area contributed by atoms with Gasteiger partial charge in [0.25, 0.3) is 0 Å². The van der Waals surface area contributed by atoms with Gasteiger partial charge in [-0.15, -0.1) is 0 Å². The zero-order chi connectivity index (χ0) is 18.1. The van der Waals surface area contributed by atoms with Crippen LogP contribution in [0.4, 0.5) is 0 Å². The van der Waals surface area contributed by atoms with Crippen molar-refractivity contribution in [2.45, 2.75) is 31.9 Å². The SMILES string of the molecule is Cc1ccc(-c2ccc(C3CC(C)(c4cccnc4)ON3C)cc2)cc1. The van der Waals surface area contributed by atoms with Crippen molar-refractivity contribution < 1.29 is 4.84 Å². The van der Waals surface area contributed by atoms with Gasteiger partial charge in [-0.3, -0.25) is 9.82 Å². The van der Waals surface area contributed by atoms with Crippen LogP contribution in [0.2, 0.25) is 0 Å². The second-order valence-corrected chi connectivity index (χ2v) is 7.32. The highest BCUT2D eigenvalue weighted by Gasteiger charge is 2.42. The molecule has 1 aliphatic heterocycles. The van der Waals surface area contributed by atoms with Crippen LogP contribution >= 0.6 is 0 Å². The number of aromatic nitrogens is 1. The molecule has 0 spiro atoms.